The van der Waals surface area contributed by atoms with Crippen LogP contribution in [0.25, 0.3) is 0 Å². The largest absolute Gasteiger partial charge is 0.347 e. The lowest BCUT2D eigenvalue weighted by molar-refractivity contribution is -0.122. The number of aryl methyl sites for hydroxylation is 2. The number of hydrogen-bond acceptors (Lipinski definition) is 3. The van der Waals surface area contributed by atoms with Crippen molar-refractivity contribution in [2.45, 2.75) is 33.4 Å². The minimum atomic E-state index is -0.135. The van der Waals surface area contributed by atoms with Crippen LogP contribution < -0.4 is 5.32 Å². The van der Waals surface area contributed by atoms with Crippen molar-refractivity contribution in [3.05, 3.63) is 35.7 Å². The molecular weight excluding hydrogens is 230 g/mol. The van der Waals surface area contributed by atoms with Gasteiger partial charge in [0.15, 0.2) is 0 Å². The molecule has 0 saturated heterocycles. The van der Waals surface area contributed by atoms with Gasteiger partial charge in [-0.3, -0.25) is 9.48 Å². The lowest BCUT2D eigenvalue weighted by Crippen LogP contribution is -2.31. The third-order valence-electron chi connectivity index (χ3n) is 2.70. The van der Waals surface area contributed by atoms with Crippen LogP contribution >= 0.6 is 0 Å². The molecule has 0 saturated carbocycles. The van der Waals surface area contributed by atoms with Gasteiger partial charge in [0.1, 0.15) is 12.4 Å². The molecule has 0 fully saturated rings. The van der Waals surface area contributed by atoms with Gasteiger partial charge < -0.3 is 10.3 Å². The van der Waals surface area contributed by atoms with E-state index in [0.29, 0.717) is 0 Å². The van der Waals surface area contributed by atoms with E-state index in [4.69, 9.17) is 0 Å². The third kappa shape index (κ3) is 2.77. The van der Waals surface area contributed by atoms with E-state index in [9.17, 15) is 4.79 Å². The van der Waals surface area contributed by atoms with Crippen LogP contribution in [0.3, 0.4) is 0 Å². The minimum absolute atomic E-state index is 0.0786. The second kappa shape index (κ2) is 5.03. The van der Waals surface area contributed by atoms with Gasteiger partial charge in [0.2, 0.25) is 5.91 Å². The van der Waals surface area contributed by atoms with Crippen LogP contribution in [0, 0.1) is 13.8 Å². The third-order valence-corrected chi connectivity index (χ3v) is 2.70. The molecule has 6 heteroatoms. The molecule has 0 bridgehead atoms. The van der Waals surface area contributed by atoms with E-state index in [0.717, 1.165) is 17.2 Å². The van der Waals surface area contributed by atoms with Crippen LogP contribution in [0.1, 0.15) is 30.2 Å². The van der Waals surface area contributed by atoms with Crippen molar-refractivity contribution in [1.29, 1.82) is 0 Å². The molecule has 0 aliphatic heterocycles. The number of imidazole rings is 1. The van der Waals surface area contributed by atoms with Gasteiger partial charge in [0, 0.05) is 18.1 Å². The number of H-pyrrole nitrogens is 1. The average molecular weight is 247 g/mol. The Hall–Kier alpha value is -2.11. The highest BCUT2D eigenvalue weighted by atomic mass is 16.2. The molecular formula is C12H17N5O. The van der Waals surface area contributed by atoms with Crippen LogP contribution in [0.5, 0.6) is 0 Å². The van der Waals surface area contributed by atoms with Crippen molar-refractivity contribution in [1.82, 2.24) is 25.1 Å². The molecule has 2 aromatic heterocycles. The molecule has 2 heterocycles. The van der Waals surface area contributed by atoms with Gasteiger partial charge in [-0.25, -0.2) is 4.98 Å². The lowest BCUT2D eigenvalue weighted by Gasteiger charge is -2.12. The van der Waals surface area contributed by atoms with E-state index in [-0.39, 0.29) is 18.5 Å². The van der Waals surface area contributed by atoms with Gasteiger partial charge in [-0.05, 0) is 26.8 Å². The first kappa shape index (κ1) is 12.3. The summed E-state index contributed by atoms with van der Waals surface area (Å²) in [4.78, 5) is 18.9. The number of hydrogen-bond donors (Lipinski definition) is 2. The van der Waals surface area contributed by atoms with E-state index in [1.165, 1.54) is 0 Å². The van der Waals surface area contributed by atoms with Gasteiger partial charge in [-0.15, -0.1) is 0 Å². The summed E-state index contributed by atoms with van der Waals surface area (Å²) in [6.07, 6.45) is 3.40. The van der Waals surface area contributed by atoms with Gasteiger partial charge in [-0.2, -0.15) is 5.10 Å². The Morgan fingerprint density at radius 2 is 2.33 bits per heavy atom. The van der Waals surface area contributed by atoms with Gasteiger partial charge >= 0.3 is 0 Å². The fraction of sp³-hybridized carbons (Fsp3) is 0.417. The van der Waals surface area contributed by atoms with Gasteiger partial charge in [0.25, 0.3) is 0 Å². The Bertz CT molecular complexity index is 529. The number of nitrogens with one attached hydrogen (secondary N) is 2. The predicted molar refractivity (Wildman–Crippen MR) is 66.8 cm³/mol. The molecule has 1 atom stereocenters. The quantitative estimate of drug-likeness (QED) is 0.849. The average Bonchev–Trinajstić information content (AvgIpc) is 2.89. The predicted octanol–water partition coefficient (Wildman–Crippen LogP) is 1.10. The number of nitrogens with zero attached hydrogens (tertiary/aromatic N) is 3. The maximum atomic E-state index is 11.9. The van der Waals surface area contributed by atoms with Crippen molar-refractivity contribution in [3.63, 3.8) is 0 Å². The van der Waals surface area contributed by atoms with E-state index in [1.807, 2.05) is 26.8 Å². The van der Waals surface area contributed by atoms with Gasteiger partial charge in [0.05, 0.1) is 11.7 Å². The zero-order chi connectivity index (χ0) is 13.1. The molecule has 96 valence electrons. The number of aromatic nitrogens is 4. The molecule has 0 aromatic carbocycles. The summed E-state index contributed by atoms with van der Waals surface area (Å²) in [5.41, 5.74) is 1.90. The molecule has 0 radical (unpaired) electrons. The summed E-state index contributed by atoms with van der Waals surface area (Å²) in [5.74, 6) is 0.668. The Balaban J connectivity index is 1.95. The molecule has 1 unspecified atom stereocenters. The number of carbonyl (C=O) groups is 1. The number of aromatic amines is 1. The minimum Gasteiger partial charge on any atom is -0.347 e. The van der Waals surface area contributed by atoms with Crippen molar-refractivity contribution < 1.29 is 4.79 Å². The van der Waals surface area contributed by atoms with E-state index < -0.39 is 0 Å². The Labute approximate surface area is 105 Å². The van der Waals surface area contributed by atoms with Crippen molar-refractivity contribution in [2.75, 3.05) is 0 Å². The van der Waals surface area contributed by atoms with Crippen LogP contribution in [0.15, 0.2) is 18.5 Å². The standard InChI is InChI=1S/C12H17N5O/c1-8-6-9(2)17(16-8)7-11(18)15-10(3)12-13-4-5-14-12/h4-6,10H,7H2,1-3H3,(H,13,14)(H,15,18). The normalized spacial score (nSPS) is 12.4. The first-order valence-corrected chi connectivity index (χ1v) is 5.86. The second-order valence-electron chi connectivity index (χ2n) is 4.35. The topological polar surface area (TPSA) is 75.6 Å². The highest BCUT2D eigenvalue weighted by Crippen LogP contribution is 2.06. The molecule has 2 aromatic rings. The fourth-order valence-electron chi connectivity index (χ4n) is 1.84. The van der Waals surface area contributed by atoms with Crippen molar-refractivity contribution in [3.8, 4) is 0 Å². The first-order chi connectivity index (χ1) is 8.56. The molecule has 2 N–H and O–H groups in total. The summed E-state index contributed by atoms with van der Waals surface area (Å²) < 4.78 is 1.69. The van der Waals surface area contributed by atoms with Gasteiger partial charge in [-0.1, -0.05) is 0 Å². The fourth-order valence-corrected chi connectivity index (χ4v) is 1.84. The van der Waals surface area contributed by atoms with Crippen LogP contribution in [-0.4, -0.2) is 25.7 Å². The maximum absolute atomic E-state index is 11.9. The first-order valence-electron chi connectivity index (χ1n) is 5.86. The van der Waals surface area contributed by atoms with E-state index in [1.54, 1.807) is 17.1 Å². The number of amides is 1. The summed E-state index contributed by atoms with van der Waals surface area (Å²) >= 11 is 0. The number of carbonyl (C=O) groups excluding carboxylic acids is 1. The maximum Gasteiger partial charge on any atom is 0.242 e. The summed E-state index contributed by atoms with van der Waals surface area (Å²) in [6, 6.07) is 1.81. The van der Waals surface area contributed by atoms with Crippen LogP contribution in [0.4, 0.5) is 0 Å². The molecule has 18 heavy (non-hydrogen) atoms. The zero-order valence-electron chi connectivity index (χ0n) is 10.8. The summed E-state index contributed by atoms with van der Waals surface area (Å²) in [7, 11) is 0. The highest BCUT2D eigenvalue weighted by Gasteiger charge is 2.12. The van der Waals surface area contributed by atoms with Crippen molar-refractivity contribution >= 4 is 5.91 Å². The van der Waals surface area contributed by atoms with Crippen molar-refractivity contribution in [2.24, 2.45) is 0 Å². The number of rotatable bonds is 4. The SMILES string of the molecule is Cc1cc(C)n(CC(=O)NC(C)c2ncc[nH]2)n1. The highest BCUT2D eigenvalue weighted by molar-refractivity contribution is 5.76. The lowest BCUT2D eigenvalue weighted by atomic mass is 10.3. The summed E-state index contributed by atoms with van der Waals surface area (Å²) in [6.45, 7) is 5.96. The Morgan fingerprint density at radius 1 is 1.56 bits per heavy atom. The molecule has 1 amide bonds. The Kier molecular flexibility index (Phi) is 3.45. The summed E-state index contributed by atoms with van der Waals surface area (Å²) in [5, 5.41) is 7.13. The second-order valence-corrected chi connectivity index (χ2v) is 4.35. The zero-order valence-corrected chi connectivity index (χ0v) is 10.8. The molecule has 0 spiro atoms. The van der Waals surface area contributed by atoms with E-state index >= 15 is 0 Å². The molecule has 0 aliphatic carbocycles. The monoisotopic (exact) mass is 247 g/mol. The molecule has 0 aliphatic rings. The molecule has 2 rings (SSSR count). The Morgan fingerprint density at radius 3 is 2.89 bits per heavy atom. The van der Waals surface area contributed by atoms with Crippen LogP contribution in [0.2, 0.25) is 0 Å². The van der Waals surface area contributed by atoms with E-state index in [2.05, 4.69) is 20.4 Å². The smallest absolute Gasteiger partial charge is 0.242 e. The molecule has 6 nitrogen and oxygen atoms in total. The van der Waals surface area contributed by atoms with Crippen LogP contribution in [-0.2, 0) is 11.3 Å².